The van der Waals surface area contributed by atoms with E-state index in [1.165, 1.54) is 0 Å². The van der Waals surface area contributed by atoms with Gasteiger partial charge in [-0.3, -0.25) is 9.59 Å². The van der Waals surface area contributed by atoms with Gasteiger partial charge in [0, 0.05) is 13.1 Å². The van der Waals surface area contributed by atoms with E-state index in [1.54, 1.807) is 11.9 Å². The minimum absolute atomic E-state index is 0.209. The predicted octanol–water partition coefficient (Wildman–Crippen LogP) is 0.407. The van der Waals surface area contributed by atoms with E-state index < -0.39 is 18.4 Å². The van der Waals surface area contributed by atoms with Crippen LogP contribution in [-0.4, -0.2) is 54.1 Å². The highest BCUT2D eigenvalue weighted by molar-refractivity contribution is 5.86. The lowest BCUT2D eigenvalue weighted by Gasteiger charge is -2.33. The summed E-state index contributed by atoms with van der Waals surface area (Å²) in [6.45, 7) is 1.56. The molecule has 0 heterocycles. The Morgan fingerprint density at radius 3 is 2.25 bits per heavy atom. The first kappa shape index (κ1) is 16.3. The molecule has 0 aromatic carbocycles. The molecule has 7 nitrogen and oxygen atoms in total. The van der Waals surface area contributed by atoms with Gasteiger partial charge in [0.05, 0.1) is 6.54 Å². The lowest BCUT2D eigenvalue weighted by molar-refractivity contribution is -0.137. The van der Waals surface area contributed by atoms with Crippen LogP contribution in [0.2, 0.25) is 0 Å². The Kier molecular flexibility index (Phi) is 6.27. The highest BCUT2D eigenvalue weighted by Gasteiger charge is 2.24. The summed E-state index contributed by atoms with van der Waals surface area (Å²) in [5, 5.41) is 13.1. The van der Waals surface area contributed by atoms with E-state index >= 15 is 0 Å². The van der Waals surface area contributed by atoms with Gasteiger partial charge >= 0.3 is 12.0 Å². The van der Waals surface area contributed by atoms with Crippen molar-refractivity contribution in [2.75, 3.05) is 20.1 Å². The van der Waals surface area contributed by atoms with Crippen molar-refractivity contribution < 1.29 is 19.5 Å². The van der Waals surface area contributed by atoms with Crippen molar-refractivity contribution in [3.63, 3.8) is 0 Å². The number of rotatable bonds is 5. The molecule has 0 aromatic heterocycles. The number of carbonyl (C=O) groups is 3. The molecular formula is C13H23N3O4. The molecule has 1 aliphatic rings. The fraction of sp³-hybridized carbons (Fsp3) is 0.769. The van der Waals surface area contributed by atoms with Gasteiger partial charge in [0.2, 0.25) is 5.91 Å². The first-order chi connectivity index (χ1) is 9.40. The Labute approximate surface area is 118 Å². The van der Waals surface area contributed by atoms with Crippen LogP contribution in [0.15, 0.2) is 0 Å². The van der Waals surface area contributed by atoms with Crippen LogP contribution in [0.5, 0.6) is 0 Å². The van der Waals surface area contributed by atoms with Gasteiger partial charge in [0.25, 0.3) is 0 Å². The second-order valence-corrected chi connectivity index (χ2v) is 5.35. The molecule has 20 heavy (non-hydrogen) atoms. The summed E-state index contributed by atoms with van der Waals surface area (Å²) in [4.78, 5) is 35.1. The summed E-state index contributed by atoms with van der Waals surface area (Å²) < 4.78 is 0. The van der Waals surface area contributed by atoms with Crippen molar-refractivity contribution in [1.29, 1.82) is 0 Å². The van der Waals surface area contributed by atoms with Gasteiger partial charge in [0.15, 0.2) is 0 Å². The Balaban J connectivity index is 2.27. The van der Waals surface area contributed by atoms with Gasteiger partial charge in [0.1, 0.15) is 6.54 Å². The normalized spacial score (nSPS) is 21.9. The third-order valence-electron chi connectivity index (χ3n) is 3.69. The first-order valence-electron chi connectivity index (χ1n) is 6.89. The van der Waals surface area contributed by atoms with Gasteiger partial charge in [-0.25, -0.2) is 4.79 Å². The Morgan fingerprint density at radius 2 is 1.70 bits per heavy atom. The molecule has 0 aliphatic heterocycles. The number of carboxylic acids is 1. The Hall–Kier alpha value is -1.79. The van der Waals surface area contributed by atoms with Gasteiger partial charge in [-0.15, -0.1) is 0 Å². The van der Waals surface area contributed by atoms with Gasteiger partial charge in [-0.2, -0.15) is 0 Å². The summed E-state index contributed by atoms with van der Waals surface area (Å²) in [7, 11) is 1.73. The van der Waals surface area contributed by atoms with Crippen LogP contribution in [0.4, 0.5) is 4.79 Å². The molecule has 0 bridgehead atoms. The fourth-order valence-corrected chi connectivity index (χ4v) is 2.31. The van der Waals surface area contributed by atoms with E-state index in [2.05, 4.69) is 17.6 Å². The number of carboxylic acid groups (broad SMARTS) is 1. The summed E-state index contributed by atoms with van der Waals surface area (Å²) in [6.07, 6.45) is 4.19. The standard InChI is InChI=1S/C13H23N3O4/c1-9-3-5-10(6-4-9)16(2)13(20)15-7-11(17)14-8-12(18)19/h9-10H,3-8H2,1-2H3,(H,14,17)(H,15,20)(H,18,19). The molecule has 3 amide bonds. The highest BCUT2D eigenvalue weighted by atomic mass is 16.4. The number of hydrogen-bond donors (Lipinski definition) is 3. The molecule has 0 unspecified atom stereocenters. The van der Waals surface area contributed by atoms with Crippen LogP contribution in [0.1, 0.15) is 32.6 Å². The number of aliphatic carboxylic acids is 1. The van der Waals surface area contributed by atoms with E-state index in [0.29, 0.717) is 5.92 Å². The topological polar surface area (TPSA) is 98.7 Å². The molecule has 1 aliphatic carbocycles. The monoisotopic (exact) mass is 285 g/mol. The number of nitrogens with one attached hydrogen (secondary N) is 2. The predicted molar refractivity (Wildman–Crippen MR) is 73.2 cm³/mol. The van der Waals surface area contributed by atoms with Crippen molar-refractivity contribution in [2.45, 2.75) is 38.6 Å². The lowest BCUT2D eigenvalue weighted by atomic mass is 9.87. The van der Waals surface area contributed by atoms with E-state index in [1.807, 2.05) is 0 Å². The zero-order valence-electron chi connectivity index (χ0n) is 12.0. The van der Waals surface area contributed by atoms with Gasteiger partial charge in [-0.1, -0.05) is 6.92 Å². The SMILES string of the molecule is CC1CCC(N(C)C(=O)NCC(=O)NCC(=O)O)CC1. The van der Waals surface area contributed by atoms with E-state index in [4.69, 9.17) is 5.11 Å². The van der Waals surface area contributed by atoms with Crippen molar-refractivity contribution in [2.24, 2.45) is 5.92 Å². The number of urea groups is 1. The van der Waals surface area contributed by atoms with Crippen LogP contribution in [-0.2, 0) is 9.59 Å². The number of nitrogens with zero attached hydrogens (tertiary/aromatic N) is 1. The van der Waals surface area contributed by atoms with Crippen molar-refractivity contribution in [3.8, 4) is 0 Å². The van der Waals surface area contributed by atoms with Crippen molar-refractivity contribution >= 4 is 17.9 Å². The van der Waals surface area contributed by atoms with Crippen molar-refractivity contribution in [1.82, 2.24) is 15.5 Å². The molecule has 7 heteroatoms. The van der Waals surface area contributed by atoms with Crippen LogP contribution in [0.25, 0.3) is 0 Å². The molecule has 1 fully saturated rings. The maximum absolute atomic E-state index is 11.9. The van der Waals surface area contributed by atoms with Crippen LogP contribution in [0, 0.1) is 5.92 Å². The maximum Gasteiger partial charge on any atom is 0.322 e. The third kappa shape index (κ3) is 5.46. The quantitative estimate of drug-likeness (QED) is 0.681. The third-order valence-corrected chi connectivity index (χ3v) is 3.69. The summed E-state index contributed by atoms with van der Waals surface area (Å²) in [5.41, 5.74) is 0. The van der Waals surface area contributed by atoms with Crippen LogP contribution < -0.4 is 10.6 Å². The Morgan fingerprint density at radius 1 is 1.10 bits per heavy atom. The number of carbonyl (C=O) groups excluding carboxylic acids is 2. The molecule has 3 N–H and O–H groups in total. The second-order valence-electron chi connectivity index (χ2n) is 5.35. The summed E-state index contributed by atoms with van der Waals surface area (Å²) >= 11 is 0. The average molecular weight is 285 g/mol. The first-order valence-corrected chi connectivity index (χ1v) is 6.89. The minimum atomic E-state index is -1.11. The Bertz CT molecular complexity index is 365. The molecule has 114 valence electrons. The molecule has 0 radical (unpaired) electrons. The summed E-state index contributed by atoms with van der Waals surface area (Å²) in [6, 6.07) is -0.0803. The zero-order valence-corrected chi connectivity index (χ0v) is 12.0. The highest BCUT2D eigenvalue weighted by Crippen LogP contribution is 2.26. The molecular weight excluding hydrogens is 262 g/mol. The molecule has 0 saturated heterocycles. The lowest BCUT2D eigenvalue weighted by Crippen LogP contribution is -2.48. The average Bonchev–Trinajstić information content (AvgIpc) is 2.42. The molecule has 0 atom stereocenters. The van der Waals surface area contributed by atoms with Crippen LogP contribution in [0.3, 0.4) is 0 Å². The maximum atomic E-state index is 11.9. The van der Waals surface area contributed by atoms with E-state index in [9.17, 15) is 14.4 Å². The molecule has 0 aromatic rings. The number of amides is 3. The van der Waals surface area contributed by atoms with Crippen molar-refractivity contribution in [3.05, 3.63) is 0 Å². The van der Waals surface area contributed by atoms with Crippen LogP contribution >= 0.6 is 0 Å². The van der Waals surface area contributed by atoms with Gasteiger partial charge < -0.3 is 20.6 Å². The second kappa shape index (κ2) is 7.72. The molecule has 1 saturated carbocycles. The van der Waals surface area contributed by atoms with E-state index in [-0.39, 0.29) is 18.6 Å². The zero-order chi connectivity index (χ0) is 15.1. The largest absolute Gasteiger partial charge is 0.480 e. The minimum Gasteiger partial charge on any atom is -0.480 e. The summed E-state index contributed by atoms with van der Waals surface area (Å²) in [5.74, 6) is -0.908. The van der Waals surface area contributed by atoms with E-state index in [0.717, 1.165) is 25.7 Å². The number of hydrogen-bond acceptors (Lipinski definition) is 3. The molecule has 0 spiro atoms. The van der Waals surface area contributed by atoms with Gasteiger partial charge in [-0.05, 0) is 31.6 Å². The smallest absolute Gasteiger partial charge is 0.322 e. The fourth-order valence-electron chi connectivity index (χ4n) is 2.31. The molecule has 1 rings (SSSR count).